The summed E-state index contributed by atoms with van der Waals surface area (Å²) < 4.78 is 0. The van der Waals surface area contributed by atoms with Gasteiger partial charge in [-0.05, 0) is 18.2 Å². The predicted molar refractivity (Wildman–Crippen MR) is 51.7 cm³/mol. The predicted octanol–water partition coefficient (Wildman–Crippen LogP) is 1.60. The van der Waals surface area contributed by atoms with Crippen LogP contribution in [0.4, 0.5) is 0 Å². The molecule has 3 nitrogen and oxygen atoms in total. The maximum absolute atomic E-state index is 9.40. The van der Waals surface area contributed by atoms with Crippen molar-refractivity contribution in [2.45, 2.75) is 26.4 Å². The van der Waals surface area contributed by atoms with Gasteiger partial charge in [-0.15, -0.1) is 0 Å². The van der Waals surface area contributed by atoms with Crippen LogP contribution < -0.4 is 5.32 Å². The quantitative estimate of drug-likeness (QED) is 0.621. The zero-order valence-electron chi connectivity index (χ0n) is 7.91. The van der Waals surface area contributed by atoms with Crippen LogP contribution in [0.3, 0.4) is 0 Å². The zero-order valence-corrected chi connectivity index (χ0v) is 7.91. The van der Waals surface area contributed by atoms with E-state index >= 15 is 0 Å². The van der Waals surface area contributed by atoms with E-state index in [2.05, 4.69) is 5.32 Å². The van der Waals surface area contributed by atoms with E-state index in [0.29, 0.717) is 18.2 Å². The topological polar surface area (TPSA) is 52.5 Å². The third-order valence-electron chi connectivity index (χ3n) is 1.76. The van der Waals surface area contributed by atoms with Crippen LogP contribution in [-0.2, 0) is 6.54 Å². The van der Waals surface area contributed by atoms with Crippen LogP contribution in [0.25, 0.3) is 0 Å². The van der Waals surface area contributed by atoms with Gasteiger partial charge in [-0.2, -0.15) is 0 Å². The first-order valence-corrected chi connectivity index (χ1v) is 4.34. The fourth-order valence-electron chi connectivity index (χ4n) is 1.03. The normalized spacial score (nSPS) is 10.7. The summed E-state index contributed by atoms with van der Waals surface area (Å²) in [7, 11) is 0. The van der Waals surface area contributed by atoms with Gasteiger partial charge in [0.25, 0.3) is 0 Å². The molecular weight excluding hydrogens is 166 g/mol. The van der Waals surface area contributed by atoms with Crippen molar-refractivity contribution < 1.29 is 10.2 Å². The lowest BCUT2D eigenvalue weighted by Gasteiger charge is -2.09. The summed E-state index contributed by atoms with van der Waals surface area (Å²) in [6.45, 7) is 4.62. The van der Waals surface area contributed by atoms with E-state index in [9.17, 15) is 5.11 Å². The Balaban J connectivity index is 2.70. The van der Waals surface area contributed by atoms with Crippen molar-refractivity contribution in [3.8, 4) is 11.5 Å². The molecular formula is C10H15NO2. The standard InChI is InChI=1S/C10H15NO2/c1-7(2)11-6-8-5-9(12)3-4-10(8)13/h3-5,7,11-13H,6H2,1-2H3. The molecule has 0 aromatic heterocycles. The molecule has 1 aromatic carbocycles. The molecule has 13 heavy (non-hydrogen) atoms. The molecule has 0 radical (unpaired) electrons. The van der Waals surface area contributed by atoms with Gasteiger partial charge in [0.05, 0.1) is 0 Å². The third kappa shape index (κ3) is 2.95. The highest BCUT2D eigenvalue weighted by Gasteiger charge is 2.02. The van der Waals surface area contributed by atoms with Gasteiger partial charge in [-0.1, -0.05) is 13.8 Å². The van der Waals surface area contributed by atoms with Crippen LogP contribution in [0.5, 0.6) is 11.5 Å². The number of phenolic OH excluding ortho intramolecular Hbond substituents is 2. The Hall–Kier alpha value is -1.22. The molecule has 0 aliphatic heterocycles. The van der Waals surface area contributed by atoms with E-state index in [1.54, 1.807) is 6.07 Å². The van der Waals surface area contributed by atoms with Gasteiger partial charge in [0, 0.05) is 18.2 Å². The van der Waals surface area contributed by atoms with E-state index in [4.69, 9.17) is 5.11 Å². The van der Waals surface area contributed by atoms with Crippen LogP contribution >= 0.6 is 0 Å². The van der Waals surface area contributed by atoms with E-state index < -0.39 is 0 Å². The number of aromatic hydroxyl groups is 2. The fraction of sp³-hybridized carbons (Fsp3) is 0.400. The summed E-state index contributed by atoms with van der Waals surface area (Å²) in [5.74, 6) is 0.393. The highest BCUT2D eigenvalue weighted by molar-refractivity contribution is 5.38. The van der Waals surface area contributed by atoms with Crippen molar-refractivity contribution in [3.05, 3.63) is 23.8 Å². The average Bonchev–Trinajstić information content (AvgIpc) is 2.06. The first kappa shape index (κ1) is 9.86. The largest absolute Gasteiger partial charge is 0.508 e. The molecule has 72 valence electrons. The Kier molecular flexibility index (Phi) is 3.14. The summed E-state index contributed by atoms with van der Waals surface area (Å²) in [5.41, 5.74) is 0.716. The molecule has 0 heterocycles. The second-order valence-corrected chi connectivity index (χ2v) is 3.35. The smallest absolute Gasteiger partial charge is 0.120 e. The van der Waals surface area contributed by atoms with Crippen LogP contribution in [0, 0.1) is 0 Å². The van der Waals surface area contributed by atoms with Gasteiger partial charge in [0.15, 0.2) is 0 Å². The van der Waals surface area contributed by atoms with Crippen molar-refractivity contribution in [1.82, 2.24) is 5.32 Å². The first-order chi connectivity index (χ1) is 6.09. The highest BCUT2D eigenvalue weighted by Crippen LogP contribution is 2.21. The molecule has 0 saturated heterocycles. The minimum Gasteiger partial charge on any atom is -0.508 e. The lowest BCUT2D eigenvalue weighted by molar-refractivity contribution is 0.448. The number of hydrogen-bond donors (Lipinski definition) is 3. The molecule has 0 spiro atoms. The summed E-state index contributed by atoms with van der Waals surface area (Å²) in [6.07, 6.45) is 0. The SMILES string of the molecule is CC(C)NCc1cc(O)ccc1O. The molecule has 0 amide bonds. The van der Waals surface area contributed by atoms with Gasteiger partial charge >= 0.3 is 0 Å². The Morgan fingerprint density at radius 2 is 2.00 bits per heavy atom. The first-order valence-electron chi connectivity index (χ1n) is 4.34. The molecule has 0 saturated carbocycles. The summed E-state index contributed by atoms with van der Waals surface area (Å²) >= 11 is 0. The Morgan fingerprint density at radius 1 is 1.31 bits per heavy atom. The highest BCUT2D eigenvalue weighted by atomic mass is 16.3. The molecule has 0 bridgehead atoms. The fourth-order valence-corrected chi connectivity index (χ4v) is 1.03. The number of phenols is 2. The van der Waals surface area contributed by atoms with Crippen molar-refractivity contribution in [3.63, 3.8) is 0 Å². The minimum atomic E-state index is 0.179. The molecule has 3 N–H and O–H groups in total. The van der Waals surface area contributed by atoms with Gasteiger partial charge in [0.2, 0.25) is 0 Å². The van der Waals surface area contributed by atoms with E-state index in [-0.39, 0.29) is 11.5 Å². The molecule has 0 unspecified atom stereocenters. The maximum atomic E-state index is 9.40. The van der Waals surface area contributed by atoms with E-state index in [1.807, 2.05) is 13.8 Å². The van der Waals surface area contributed by atoms with Gasteiger partial charge in [-0.3, -0.25) is 0 Å². The molecule has 0 atom stereocenters. The van der Waals surface area contributed by atoms with Crippen LogP contribution in [0.1, 0.15) is 19.4 Å². The Bertz CT molecular complexity index is 284. The van der Waals surface area contributed by atoms with Crippen molar-refractivity contribution >= 4 is 0 Å². The summed E-state index contributed by atoms with van der Waals surface area (Å²) in [6, 6.07) is 4.88. The van der Waals surface area contributed by atoms with Gasteiger partial charge in [-0.25, -0.2) is 0 Å². The van der Waals surface area contributed by atoms with Crippen LogP contribution in [-0.4, -0.2) is 16.3 Å². The van der Waals surface area contributed by atoms with E-state index in [1.165, 1.54) is 12.1 Å². The van der Waals surface area contributed by atoms with E-state index in [0.717, 1.165) is 0 Å². The zero-order chi connectivity index (χ0) is 9.84. The van der Waals surface area contributed by atoms with Crippen molar-refractivity contribution in [2.75, 3.05) is 0 Å². The number of benzene rings is 1. The number of nitrogens with one attached hydrogen (secondary N) is 1. The molecule has 1 rings (SSSR count). The second kappa shape index (κ2) is 4.14. The molecule has 0 fully saturated rings. The summed E-state index contributed by atoms with van der Waals surface area (Å²) in [5, 5.41) is 21.7. The Morgan fingerprint density at radius 3 is 2.62 bits per heavy atom. The number of hydrogen-bond acceptors (Lipinski definition) is 3. The Labute approximate surface area is 78.0 Å². The third-order valence-corrected chi connectivity index (χ3v) is 1.76. The molecule has 0 aliphatic carbocycles. The minimum absolute atomic E-state index is 0.179. The number of rotatable bonds is 3. The lowest BCUT2D eigenvalue weighted by atomic mass is 10.2. The van der Waals surface area contributed by atoms with Gasteiger partial charge < -0.3 is 15.5 Å². The van der Waals surface area contributed by atoms with Crippen molar-refractivity contribution in [2.24, 2.45) is 0 Å². The molecule has 1 aromatic rings. The summed E-state index contributed by atoms with van der Waals surface area (Å²) in [4.78, 5) is 0. The van der Waals surface area contributed by atoms with Crippen LogP contribution in [0.2, 0.25) is 0 Å². The van der Waals surface area contributed by atoms with Crippen LogP contribution in [0.15, 0.2) is 18.2 Å². The maximum Gasteiger partial charge on any atom is 0.120 e. The second-order valence-electron chi connectivity index (χ2n) is 3.35. The molecule has 0 aliphatic rings. The van der Waals surface area contributed by atoms with Gasteiger partial charge in [0.1, 0.15) is 11.5 Å². The monoisotopic (exact) mass is 181 g/mol. The molecule has 3 heteroatoms. The van der Waals surface area contributed by atoms with Crippen molar-refractivity contribution in [1.29, 1.82) is 0 Å². The average molecular weight is 181 g/mol. The lowest BCUT2D eigenvalue weighted by Crippen LogP contribution is -2.21.